The van der Waals surface area contributed by atoms with E-state index in [0.29, 0.717) is 21.7 Å². The zero-order valence-corrected chi connectivity index (χ0v) is 15.2. The molecule has 0 aromatic heterocycles. The molecule has 2 aliphatic rings. The molecule has 27 heavy (non-hydrogen) atoms. The van der Waals surface area contributed by atoms with Crippen molar-refractivity contribution in [3.05, 3.63) is 69.0 Å². The molecule has 138 valence electrons. The highest BCUT2D eigenvalue weighted by Crippen LogP contribution is 2.34. The number of rotatable bonds is 3. The van der Waals surface area contributed by atoms with Gasteiger partial charge < -0.3 is 10.2 Å². The second-order valence-corrected chi connectivity index (χ2v) is 7.22. The molecule has 1 fully saturated rings. The maximum Gasteiger partial charge on any atom is 0.322 e. The summed E-state index contributed by atoms with van der Waals surface area (Å²) in [5, 5.41) is 5.35. The fourth-order valence-electron chi connectivity index (χ4n) is 3.41. The summed E-state index contributed by atoms with van der Waals surface area (Å²) in [5.74, 6) is -1.43. The molecule has 4 rings (SSSR count). The molecular weight excluding hydrogens is 396 g/mol. The van der Waals surface area contributed by atoms with Crippen LogP contribution in [0.2, 0.25) is 10.0 Å². The minimum atomic E-state index is -1.52. The van der Waals surface area contributed by atoms with Crippen LogP contribution in [0.25, 0.3) is 0 Å². The van der Waals surface area contributed by atoms with Crippen LogP contribution in [-0.4, -0.2) is 29.3 Å². The largest absolute Gasteiger partial charge is 0.331 e. The molecule has 2 N–H and O–H groups in total. The zero-order valence-electron chi connectivity index (χ0n) is 13.7. The second kappa shape index (κ2) is 6.21. The molecule has 0 aliphatic carbocycles. The predicted octanol–water partition coefficient (Wildman–Crippen LogP) is 2.82. The van der Waals surface area contributed by atoms with Gasteiger partial charge in [-0.25, -0.2) is 9.18 Å². The van der Waals surface area contributed by atoms with Crippen LogP contribution in [0.15, 0.2) is 36.4 Å². The van der Waals surface area contributed by atoms with Crippen molar-refractivity contribution in [3.8, 4) is 0 Å². The topological polar surface area (TPSA) is 78.5 Å². The summed E-state index contributed by atoms with van der Waals surface area (Å²) in [6, 6.07) is 7.60. The lowest BCUT2D eigenvalue weighted by Crippen LogP contribution is -2.52. The lowest BCUT2D eigenvalue weighted by Gasteiger charge is -2.31. The van der Waals surface area contributed by atoms with E-state index >= 15 is 0 Å². The molecule has 0 radical (unpaired) electrons. The molecule has 0 bridgehead atoms. The Morgan fingerprint density at radius 3 is 2.37 bits per heavy atom. The molecule has 1 atom stereocenters. The average Bonchev–Trinajstić information content (AvgIpc) is 3.06. The van der Waals surface area contributed by atoms with E-state index in [0.717, 1.165) is 0 Å². The van der Waals surface area contributed by atoms with Crippen molar-refractivity contribution in [2.45, 2.75) is 12.1 Å². The van der Waals surface area contributed by atoms with Gasteiger partial charge in [0, 0.05) is 12.1 Å². The number of nitrogens with zero attached hydrogens (tertiary/aromatic N) is 1. The van der Waals surface area contributed by atoms with Gasteiger partial charge in [-0.15, -0.1) is 0 Å². The summed E-state index contributed by atoms with van der Waals surface area (Å²) in [7, 11) is 0. The van der Waals surface area contributed by atoms with Gasteiger partial charge in [-0.1, -0.05) is 35.3 Å². The third-order valence-corrected chi connectivity index (χ3v) is 5.45. The van der Waals surface area contributed by atoms with E-state index in [1.165, 1.54) is 35.2 Å². The van der Waals surface area contributed by atoms with Crippen molar-refractivity contribution in [2.24, 2.45) is 0 Å². The Kier molecular flexibility index (Phi) is 4.09. The van der Waals surface area contributed by atoms with Crippen molar-refractivity contribution in [1.82, 2.24) is 15.5 Å². The molecule has 6 nitrogen and oxygen atoms in total. The van der Waals surface area contributed by atoms with E-state index in [4.69, 9.17) is 23.2 Å². The first-order valence-corrected chi connectivity index (χ1v) is 8.72. The summed E-state index contributed by atoms with van der Waals surface area (Å²) >= 11 is 12.0. The number of urea groups is 1. The Labute approximate surface area is 163 Å². The molecule has 9 heteroatoms. The molecular formula is C18H12Cl2FN3O3. The Morgan fingerprint density at radius 2 is 1.74 bits per heavy atom. The van der Waals surface area contributed by atoms with Gasteiger partial charge in [-0.2, -0.15) is 0 Å². The minimum absolute atomic E-state index is 0.126. The first-order valence-electron chi connectivity index (χ1n) is 7.97. The number of halogens is 3. The van der Waals surface area contributed by atoms with Crippen LogP contribution >= 0.6 is 23.2 Å². The fourth-order valence-corrected chi connectivity index (χ4v) is 3.76. The number of fused-ring (bicyclic) bond motifs is 1. The number of hydrogen-bond acceptors (Lipinski definition) is 3. The number of amides is 4. The quantitative estimate of drug-likeness (QED) is 0.767. The van der Waals surface area contributed by atoms with Gasteiger partial charge in [0.05, 0.1) is 16.6 Å². The number of benzene rings is 2. The Balaban J connectivity index is 1.72. The number of nitrogens with one attached hydrogen (secondary N) is 2. The number of hydrogen-bond donors (Lipinski definition) is 2. The highest BCUT2D eigenvalue weighted by atomic mass is 35.5. The first kappa shape index (κ1) is 17.8. The van der Waals surface area contributed by atoms with Crippen LogP contribution < -0.4 is 10.6 Å². The summed E-state index contributed by atoms with van der Waals surface area (Å²) in [6.07, 6.45) is 0. The summed E-state index contributed by atoms with van der Waals surface area (Å²) in [4.78, 5) is 38.6. The van der Waals surface area contributed by atoms with E-state index in [1.807, 2.05) is 0 Å². The molecule has 2 heterocycles. The van der Waals surface area contributed by atoms with E-state index < -0.39 is 23.3 Å². The lowest BCUT2D eigenvalue weighted by molar-refractivity contribution is -0.124. The van der Waals surface area contributed by atoms with Crippen LogP contribution in [0, 0.1) is 5.82 Å². The molecule has 0 saturated carbocycles. The van der Waals surface area contributed by atoms with Gasteiger partial charge in [0.1, 0.15) is 5.82 Å². The smallest absolute Gasteiger partial charge is 0.322 e. The maximum atomic E-state index is 13.3. The molecule has 4 amide bonds. The number of carbonyl (C=O) groups is 3. The van der Waals surface area contributed by atoms with Crippen molar-refractivity contribution in [1.29, 1.82) is 0 Å². The van der Waals surface area contributed by atoms with E-state index in [9.17, 15) is 18.8 Å². The summed E-state index contributed by atoms with van der Waals surface area (Å²) < 4.78 is 13.3. The van der Waals surface area contributed by atoms with Gasteiger partial charge in [0.25, 0.3) is 11.8 Å². The van der Waals surface area contributed by atoms with Crippen molar-refractivity contribution < 1.29 is 18.8 Å². The number of carbonyl (C=O) groups excluding carboxylic acids is 3. The van der Waals surface area contributed by atoms with E-state index in [1.54, 1.807) is 6.07 Å². The monoisotopic (exact) mass is 407 g/mol. The van der Waals surface area contributed by atoms with E-state index in [-0.39, 0.29) is 24.0 Å². The predicted molar refractivity (Wildman–Crippen MR) is 96.0 cm³/mol. The van der Waals surface area contributed by atoms with Crippen molar-refractivity contribution >= 4 is 41.0 Å². The Morgan fingerprint density at radius 1 is 1.07 bits per heavy atom. The van der Waals surface area contributed by atoms with Gasteiger partial charge >= 0.3 is 6.03 Å². The minimum Gasteiger partial charge on any atom is -0.331 e. The average molecular weight is 408 g/mol. The third kappa shape index (κ3) is 2.83. The normalized spacial score (nSPS) is 21.3. The molecule has 1 saturated heterocycles. The van der Waals surface area contributed by atoms with Crippen LogP contribution in [0.4, 0.5) is 9.18 Å². The van der Waals surface area contributed by atoms with Gasteiger partial charge in [0.2, 0.25) is 0 Å². The van der Waals surface area contributed by atoms with Crippen molar-refractivity contribution in [3.63, 3.8) is 0 Å². The first-order chi connectivity index (χ1) is 12.8. The molecule has 2 aromatic rings. The van der Waals surface area contributed by atoms with Gasteiger partial charge in [0.15, 0.2) is 5.54 Å². The van der Waals surface area contributed by atoms with Gasteiger partial charge in [-0.05, 0) is 35.4 Å². The Hall–Kier alpha value is -2.64. The Bertz CT molecular complexity index is 996. The molecule has 2 aromatic carbocycles. The molecule has 2 aliphatic heterocycles. The third-order valence-electron chi connectivity index (χ3n) is 4.73. The van der Waals surface area contributed by atoms with Crippen LogP contribution in [-0.2, 0) is 16.9 Å². The SMILES string of the molecule is O=C1NC(=O)[C@@](CN2Cc3cc(Cl)c(Cl)cc3C2=O)(c2ccc(F)cc2)N1. The van der Waals surface area contributed by atoms with Crippen molar-refractivity contribution in [2.75, 3.05) is 6.54 Å². The highest BCUT2D eigenvalue weighted by molar-refractivity contribution is 6.42. The zero-order chi connectivity index (χ0) is 19.3. The van der Waals surface area contributed by atoms with Crippen LogP contribution in [0.5, 0.6) is 0 Å². The maximum absolute atomic E-state index is 13.3. The standard InChI is InChI=1S/C18H12Cl2FN3O3/c19-13-5-9-7-24(15(25)12(9)6-14(13)20)8-18(16(26)22-17(27)23-18)10-1-3-11(21)4-2-10/h1-6H,7-8H2,(H2,22,23,26,27)/t18-/m1/s1. The van der Waals surface area contributed by atoms with E-state index in [2.05, 4.69) is 10.6 Å². The lowest BCUT2D eigenvalue weighted by atomic mass is 9.89. The second-order valence-electron chi connectivity index (χ2n) is 6.41. The molecule has 0 spiro atoms. The summed E-state index contributed by atoms with van der Waals surface area (Å²) in [6.45, 7) is 0.0795. The van der Waals surface area contributed by atoms with Crippen LogP contribution in [0.1, 0.15) is 21.5 Å². The van der Waals surface area contributed by atoms with Gasteiger partial charge in [-0.3, -0.25) is 14.9 Å². The molecule has 0 unspecified atom stereocenters. The fraction of sp³-hybridized carbons (Fsp3) is 0.167. The number of imide groups is 1. The van der Waals surface area contributed by atoms with Crippen LogP contribution in [0.3, 0.4) is 0 Å². The summed E-state index contributed by atoms with van der Waals surface area (Å²) in [5.41, 5.74) is -0.0837. The highest BCUT2D eigenvalue weighted by Gasteiger charge is 2.50.